The lowest BCUT2D eigenvalue weighted by atomic mass is 10.0. The summed E-state index contributed by atoms with van der Waals surface area (Å²) in [5.74, 6) is -1.59. The first-order valence-electron chi connectivity index (χ1n) is 9.91. The molecule has 1 aliphatic rings. The number of nitrogens with zero attached hydrogens (tertiary/aromatic N) is 2. The molecule has 0 saturated carbocycles. The van der Waals surface area contributed by atoms with E-state index in [2.05, 4.69) is 10.6 Å². The van der Waals surface area contributed by atoms with Gasteiger partial charge in [-0.15, -0.1) is 0 Å². The van der Waals surface area contributed by atoms with Crippen molar-refractivity contribution in [1.82, 2.24) is 10.2 Å². The Kier molecular flexibility index (Phi) is 7.16. The summed E-state index contributed by atoms with van der Waals surface area (Å²) in [6.45, 7) is 4.91. The molecule has 1 aliphatic heterocycles. The summed E-state index contributed by atoms with van der Waals surface area (Å²) in [6, 6.07) is 10.1. The highest BCUT2D eigenvalue weighted by Gasteiger charge is 2.30. The number of rotatable bonds is 8. The van der Waals surface area contributed by atoms with E-state index < -0.39 is 16.9 Å². The lowest BCUT2D eigenvalue weighted by molar-refractivity contribution is -0.383. The van der Waals surface area contributed by atoms with Crippen LogP contribution in [0.1, 0.15) is 28.9 Å². The minimum Gasteiger partial charge on any atom is -0.478 e. The van der Waals surface area contributed by atoms with Gasteiger partial charge in [0.05, 0.1) is 17.1 Å². The average Bonchev–Trinajstić information content (AvgIpc) is 2.75. The number of benzene rings is 2. The van der Waals surface area contributed by atoms with Crippen molar-refractivity contribution in [2.75, 3.05) is 38.1 Å². The van der Waals surface area contributed by atoms with Gasteiger partial charge in [-0.1, -0.05) is 12.1 Å². The summed E-state index contributed by atoms with van der Waals surface area (Å²) in [5, 5.41) is 26.7. The van der Waals surface area contributed by atoms with Gasteiger partial charge in [-0.3, -0.25) is 15.0 Å². The third kappa shape index (κ3) is 5.36. The van der Waals surface area contributed by atoms with Crippen molar-refractivity contribution in [3.63, 3.8) is 0 Å². The standard InChI is InChI=1S/C21H24N4O6/c1-2-31-21(28)19(24-10-8-22-9-11-24)14-4-3-5-16(12-14)23-17-7-6-15(20(26)27)13-18(17)25(29)30/h3-7,12-13,19,22-23H,2,8-11H2,1H3,(H,26,27). The predicted octanol–water partition coefficient (Wildman–Crippen LogP) is 2.55. The minimum absolute atomic E-state index is 0.155. The quantitative estimate of drug-likeness (QED) is 0.329. The third-order valence-corrected chi connectivity index (χ3v) is 4.95. The third-order valence-electron chi connectivity index (χ3n) is 4.95. The molecule has 0 amide bonds. The van der Waals surface area contributed by atoms with E-state index in [1.807, 2.05) is 11.0 Å². The Morgan fingerprint density at radius 2 is 2.00 bits per heavy atom. The molecule has 1 fully saturated rings. The van der Waals surface area contributed by atoms with Gasteiger partial charge < -0.3 is 20.5 Å². The first-order valence-corrected chi connectivity index (χ1v) is 9.91. The molecule has 10 nitrogen and oxygen atoms in total. The van der Waals surface area contributed by atoms with Crippen LogP contribution >= 0.6 is 0 Å². The number of nitro groups is 1. The highest BCUT2D eigenvalue weighted by Crippen LogP contribution is 2.31. The number of nitro benzene ring substituents is 1. The number of carbonyl (C=O) groups is 2. The van der Waals surface area contributed by atoms with Crippen molar-refractivity contribution in [2.45, 2.75) is 13.0 Å². The van der Waals surface area contributed by atoms with Crippen LogP contribution in [0.2, 0.25) is 0 Å². The molecule has 10 heteroatoms. The molecule has 3 N–H and O–H groups in total. The van der Waals surface area contributed by atoms with Crippen LogP contribution in [0.5, 0.6) is 0 Å². The number of carbonyl (C=O) groups excluding carboxylic acids is 1. The predicted molar refractivity (Wildman–Crippen MR) is 114 cm³/mol. The van der Waals surface area contributed by atoms with Gasteiger partial charge in [-0.25, -0.2) is 9.59 Å². The first-order chi connectivity index (χ1) is 14.9. The summed E-state index contributed by atoms with van der Waals surface area (Å²) in [4.78, 5) is 36.7. The minimum atomic E-state index is -1.25. The van der Waals surface area contributed by atoms with E-state index in [1.165, 1.54) is 12.1 Å². The Balaban J connectivity index is 1.92. The second kappa shape index (κ2) is 10.0. The molecule has 31 heavy (non-hydrogen) atoms. The van der Waals surface area contributed by atoms with Crippen molar-refractivity contribution in [3.05, 3.63) is 63.7 Å². The van der Waals surface area contributed by atoms with Gasteiger partial charge in [-0.05, 0) is 36.8 Å². The molecule has 3 rings (SSSR count). The largest absolute Gasteiger partial charge is 0.478 e. The second-order valence-electron chi connectivity index (χ2n) is 6.99. The molecular formula is C21H24N4O6. The number of carboxylic acid groups (broad SMARTS) is 1. The fraction of sp³-hybridized carbons (Fsp3) is 0.333. The van der Waals surface area contributed by atoms with Gasteiger partial charge in [0.15, 0.2) is 0 Å². The molecule has 0 aliphatic carbocycles. The Morgan fingerprint density at radius 3 is 2.65 bits per heavy atom. The molecule has 0 radical (unpaired) electrons. The lowest BCUT2D eigenvalue weighted by Crippen LogP contribution is -2.47. The van der Waals surface area contributed by atoms with E-state index in [0.29, 0.717) is 24.3 Å². The van der Waals surface area contributed by atoms with Crippen LogP contribution in [0, 0.1) is 10.1 Å². The van der Waals surface area contributed by atoms with Crippen LogP contribution in [0.3, 0.4) is 0 Å². The fourth-order valence-electron chi connectivity index (χ4n) is 3.52. The Bertz CT molecular complexity index is 974. The maximum absolute atomic E-state index is 12.7. The van der Waals surface area contributed by atoms with Crippen LogP contribution in [-0.4, -0.2) is 59.7 Å². The van der Waals surface area contributed by atoms with Crippen molar-refractivity contribution in [3.8, 4) is 0 Å². The molecule has 0 spiro atoms. The second-order valence-corrected chi connectivity index (χ2v) is 6.99. The van der Waals surface area contributed by atoms with Crippen molar-refractivity contribution in [2.24, 2.45) is 0 Å². The molecule has 1 saturated heterocycles. The molecule has 1 atom stereocenters. The topological polar surface area (TPSA) is 134 Å². The van der Waals surface area contributed by atoms with Gasteiger partial charge in [0.2, 0.25) is 0 Å². The van der Waals surface area contributed by atoms with E-state index >= 15 is 0 Å². The zero-order valence-corrected chi connectivity index (χ0v) is 17.0. The van der Waals surface area contributed by atoms with E-state index in [1.54, 1.807) is 25.1 Å². The molecule has 0 aromatic heterocycles. The highest BCUT2D eigenvalue weighted by atomic mass is 16.6. The molecule has 1 unspecified atom stereocenters. The van der Waals surface area contributed by atoms with Crippen LogP contribution in [0.4, 0.5) is 17.1 Å². The normalized spacial score (nSPS) is 15.1. The lowest BCUT2D eigenvalue weighted by Gasteiger charge is -2.33. The first kappa shape index (κ1) is 22.2. The Hall–Kier alpha value is -3.50. The number of carboxylic acids is 1. The van der Waals surface area contributed by atoms with Gasteiger partial charge >= 0.3 is 11.9 Å². The van der Waals surface area contributed by atoms with E-state index in [4.69, 9.17) is 9.84 Å². The van der Waals surface area contributed by atoms with Crippen molar-refractivity contribution < 1.29 is 24.4 Å². The summed E-state index contributed by atoms with van der Waals surface area (Å²) in [7, 11) is 0. The number of nitrogens with one attached hydrogen (secondary N) is 2. The number of esters is 1. The highest BCUT2D eigenvalue weighted by molar-refractivity contribution is 5.90. The monoisotopic (exact) mass is 428 g/mol. The summed E-state index contributed by atoms with van der Waals surface area (Å²) in [5.41, 5.74) is 0.867. The number of ether oxygens (including phenoxy) is 1. The Labute approximate surface area is 179 Å². The number of hydrogen-bond donors (Lipinski definition) is 3. The van der Waals surface area contributed by atoms with Gasteiger partial charge in [-0.2, -0.15) is 0 Å². The molecular weight excluding hydrogens is 404 g/mol. The zero-order chi connectivity index (χ0) is 22.4. The van der Waals surface area contributed by atoms with Crippen LogP contribution < -0.4 is 10.6 Å². The smallest absolute Gasteiger partial charge is 0.335 e. The maximum atomic E-state index is 12.7. The maximum Gasteiger partial charge on any atom is 0.335 e. The van der Waals surface area contributed by atoms with Crippen LogP contribution in [0.25, 0.3) is 0 Å². The van der Waals surface area contributed by atoms with E-state index in [-0.39, 0.29) is 29.5 Å². The summed E-state index contributed by atoms with van der Waals surface area (Å²) in [6.07, 6.45) is 0. The van der Waals surface area contributed by atoms with E-state index in [9.17, 15) is 19.7 Å². The van der Waals surface area contributed by atoms with E-state index in [0.717, 1.165) is 19.2 Å². The zero-order valence-electron chi connectivity index (χ0n) is 17.0. The summed E-state index contributed by atoms with van der Waals surface area (Å²) < 4.78 is 5.29. The van der Waals surface area contributed by atoms with Crippen molar-refractivity contribution >= 4 is 29.0 Å². The van der Waals surface area contributed by atoms with Crippen LogP contribution in [0.15, 0.2) is 42.5 Å². The molecule has 0 bridgehead atoms. The molecule has 1 heterocycles. The number of anilines is 2. The van der Waals surface area contributed by atoms with Crippen molar-refractivity contribution in [1.29, 1.82) is 0 Å². The van der Waals surface area contributed by atoms with Gasteiger partial charge in [0.25, 0.3) is 5.69 Å². The van der Waals surface area contributed by atoms with Gasteiger partial charge in [0.1, 0.15) is 11.7 Å². The number of hydrogen-bond acceptors (Lipinski definition) is 8. The average molecular weight is 428 g/mol. The molecule has 2 aromatic carbocycles. The summed E-state index contributed by atoms with van der Waals surface area (Å²) >= 11 is 0. The Morgan fingerprint density at radius 1 is 1.26 bits per heavy atom. The molecule has 164 valence electrons. The van der Waals surface area contributed by atoms with Gasteiger partial charge in [0, 0.05) is 37.9 Å². The molecule has 2 aromatic rings. The fourth-order valence-corrected chi connectivity index (χ4v) is 3.52. The van der Waals surface area contributed by atoms with Crippen LogP contribution in [-0.2, 0) is 9.53 Å². The SMILES string of the molecule is CCOC(=O)C(c1cccc(Nc2ccc(C(=O)O)cc2[N+](=O)[O-])c1)N1CCNCC1. The number of piperazine rings is 1. The number of aromatic carboxylic acids is 1.